The predicted molar refractivity (Wildman–Crippen MR) is 161 cm³/mol. The van der Waals surface area contributed by atoms with E-state index >= 15 is 0 Å². The van der Waals surface area contributed by atoms with Gasteiger partial charge in [-0.25, -0.2) is 0 Å². The number of benzene rings is 1. The number of rotatable bonds is 17. The Balaban J connectivity index is 1.06. The lowest BCUT2D eigenvalue weighted by Crippen LogP contribution is -2.42. The van der Waals surface area contributed by atoms with Gasteiger partial charge in [0, 0.05) is 18.3 Å². The molecule has 0 bridgehead atoms. The molecule has 218 valence electrons. The van der Waals surface area contributed by atoms with Crippen molar-refractivity contribution in [2.75, 3.05) is 0 Å². The third-order valence-electron chi connectivity index (χ3n) is 10.6. The summed E-state index contributed by atoms with van der Waals surface area (Å²) >= 11 is 0. The first-order valence-electron chi connectivity index (χ1n) is 16.9. The van der Waals surface area contributed by atoms with Crippen LogP contribution in [0.15, 0.2) is 18.2 Å². The zero-order valence-electron chi connectivity index (χ0n) is 25.2. The number of carbonyl (C=O) groups is 2. The molecule has 2 fully saturated rings. The third kappa shape index (κ3) is 8.20. The number of aryl methyl sites for hydroxylation is 1. The van der Waals surface area contributed by atoms with E-state index in [-0.39, 0.29) is 11.4 Å². The average Bonchev–Trinajstić information content (AvgIpc) is 3.24. The van der Waals surface area contributed by atoms with Gasteiger partial charge in [-0.05, 0) is 79.5 Å². The molecule has 39 heavy (non-hydrogen) atoms. The van der Waals surface area contributed by atoms with E-state index in [1.54, 1.807) is 0 Å². The van der Waals surface area contributed by atoms with Crippen LogP contribution in [0.4, 0.5) is 0 Å². The minimum atomic E-state index is -0.0868. The minimum Gasteiger partial charge on any atom is -0.427 e. The van der Waals surface area contributed by atoms with Gasteiger partial charge in [0.15, 0.2) is 0 Å². The lowest BCUT2D eigenvalue weighted by Gasteiger charge is -2.48. The Kier molecular flexibility index (Phi) is 12.0. The number of ketones is 1. The minimum absolute atomic E-state index is 0.0684. The second kappa shape index (κ2) is 15.4. The predicted octanol–water partition coefficient (Wildman–Crippen LogP) is 10.3. The summed E-state index contributed by atoms with van der Waals surface area (Å²) in [5, 5.41) is 0. The number of ether oxygens (including phenoxy) is 1. The van der Waals surface area contributed by atoms with E-state index in [1.807, 2.05) is 6.07 Å². The van der Waals surface area contributed by atoms with E-state index < -0.39 is 0 Å². The summed E-state index contributed by atoms with van der Waals surface area (Å²) in [7, 11) is 0. The molecule has 0 aliphatic heterocycles. The summed E-state index contributed by atoms with van der Waals surface area (Å²) < 4.78 is 5.75. The van der Waals surface area contributed by atoms with E-state index in [0.717, 1.165) is 50.7 Å². The molecule has 3 nitrogen and oxygen atoms in total. The normalized spacial score (nSPS) is 25.7. The zero-order chi connectivity index (χ0) is 27.5. The van der Waals surface area contributed by atoms with E-state index in [9.17, 15) is 9.59 Å². The van der Waals surface area contributed by atoms with Crippen molar-refractivity contribution in [2.24, 2.45) is 17.3 Å². The van der Waals surface area contributed by atoms with Crippen molar-refractivity contribution < 1.29 is 14.3 Å². The first-order chi connectivity index (χ1) is 19.0. The molecule has 2 saturated carbocycles. The highest BCUT2D eigenvalue weighted by atomic mass is 16.5. The Morgan fingerprint density at radius 2 is 1.44 bits per heavy atom. The highest BCUT2D eigenvalue weighted by Gasteiger charge is 2.54. The van der Waals surface area contributed by atoms with Gasteiger partial charge < -0.3 is 4.74 Å². The fourth-order valence-corrected chi connectivity index (χ4v) is 8.22. The van der Waals surface area contributed by atoms with Gasteiger partial charge in [0.05, 0.1) is 0 Å². The van der Waals surface area contributed by atoms with Gasteiger partial charge in [-0.15, -0.1) is 0 Å². The molecule has 3 aliphatic carbocycles. The SMILES string of the molecule is CCCCCCCCCCCCCCCCCC(=O)Oc1ccc2c(c1)CC[C@@H]1[C@@H]2CC[C@]2(C)C(=O)CC[C@@H]12. The van der Waals surface area contributed by atoms with Crippen LogP contribution in [0.5, 0.6) is 5.75 Å². The summed E-state index contributed by atoms with van der Waals surface area (Å²) in [6.07, 6.45) is 26.7. The van der Waals surface area contributed by atoms with Crippen LogP contribution < -0.4 is 4.74 Å². The number of Topliss-reactive ketones (excluding diaryl/α,β-unsaturated/α-hetero) is 1. The molecule has 3 aliphatic rings. The second-order valence-electron chi connectivity index (χ2n) is 13.4. The fourth-order valence-electron chi connectivity index (χ4n) is 8.22. The Labute approximate surface area is 239 Å². The highest BCUT2D eigenvalue weighted by Crippen LogP contribution is 2.59. The van der Waals surface area contributed by atoms with Gasteiger partial charge in [-0.2, -0.15) is 0 Å². The molecule has 0 N–H and O–H groups in total. The number of carbonyl (C=O) groups excluding carboxylic acids is 2. The lowest BCUT2D eigenvalue weighted by molar-refractivity contribution is -0.134. The molecular weight excluding hydrogens is 480 g/mol. The molecule has 0 spiro atoms. The largest absolute Gasteiger partial charge is 0.427 e. The summed E-state index contributed by atoms with van der Waals surface area (Å²) in [6, 6.07) is 6.37. The molecule has 0 saturated heterocycles. The van der Waals surface area contributed by atoms with Crippen molar-refractivity contribution >= 4 is 11.8 Å². The third-order valence-corrected chi connectivity index (χ3v) is 10.6. The summed E-state index contributed by atoms with van der Waals surface area (Å²) in [4.78, 5) is 25.1. The molecule has 1 aromatic carbocycles. The summed E-state index contributed by atoms with van der Waals surface area (Å²) in [5.41, 5.74) is 2.75. The van der Waals surface area contributed by atoms with Crippen LogP contribution in [-0.2, 0) is 16.0 Å². The van der Waals surface area contributed by atoms with Gasteiger partial charge in [0.1, 0.15) is 11.5 Å². The van der Waals surface area contributed by atoms with Gasteiger partial charge in [0.25, 0.3) is 0 Å². The number of hydrogen-bond donors (Lipinski definition) is 0. The van der Waals surface area contributed by atoms with Crippen LogP contribution in [0.3, 0.4) is 0 Å². The average molecular weight is 537 g/mol. The van der Waals surface area contributed by atoms with E-state index in [2.05, 4.69) is 26.0 Å². The van der Waals surface area contributed by atoms with Crippen molar-refractivity contribution in [3.8, 4) is 5.75 Å². The van der Waals surface area contributed by atoms with Crippen molar-refractivity contribution in [3.05, 3.63) is 29.3 Å². The Morgan fingerprint density at radius 1 is 0.821 bits per heavy atom. The molecule has 4 rings (SSSR count). The molecule has 0 heterocycles. The topological polar surface area (TPSA) is 43.4 Å². The van der Waals surface area contributed by atoms with Crippen molar-refractivity contribution in [1.29, 1.82) is 0 Å². The molecular formula is C36H56O3. The Hall–Kier alpha value is -1.64. The quantitative estimate of drug-likeness (QED) is 0.113. The van der Waals surface area contributed by atoms with E-state index in [0.29, 0.717) is 30.0 Å². The fraction of sp³-hybridized carbons (Fsp3) is 0.778. The maximum atomic E-state index is 12.6. The maximum absolute atomic E-state index is 12.6. The first-order valence-corrected chi connectivity index (χ1v) is 16.9. The molecule has 0 aromatic heterocycles. The van der Waals surface area contributed by atoms with Crippen molar-refractivity contribution in [1.82, 2.24) is 0 Å². The zero-order valence-corrected chi connectivity index (χ0v) is 25.2. The maximum Gasteiger partial charge on any atom is 0.311 e. The lowest BCUT2D eigenvalue weighted by atomic mass is 9.55. The monoisotopic (exact) mass is 536 g/mol. The van der Waals surface area contributed by atoms with Crippen molar-refractivity contribution in [2.45, 2.75) is 161 Å². The van der Waals surface area contributed by atoms with Gasteiger partial charge in [-0.3, -0.25) is 9.59 Å². The smallest absolute Gasteiger partial charge is 0.311 e. The van der Waals surface area contributed by atoms with Crippen LogP contribution in [-0.4, -0.2) is 11.8 Å². The van der Waals surface area contributed by atoms with E-state index in [4.69, 9.17) is 4.74 Å². The van der Waals surface area contributed by atoms with Crippen LogP contribution in [0.25, 0.3) is 0 Å². The van der Waals surface area contributed by atoms with Crippen LogP contribution in [0.1, 0.15) is 166 Å². The molecule has 0 radical (unpaired) electrons. The number of fused-ring (bicyclic) bond motifs is 5. The van der Waals surface area contributed by atoms with Gasteiger partial charge >= 0.3 is 5.97 Å². The number of esters is 1. The molecule has 4 atom stereocenters. The number of hydrogen-bond acceptors (Lipinski definition) is 3. The highest BCUT2D eigenvalue weighted by molar-refractivity contribution is 5.87. The Bertz CT molecular complexity index is 920. The van der Waals surface area contributed by atoms with Crippen LogP contribution >= 0.6 is 0 Å². The Morgan fingerprint density at radius 3 is 2.08 bits per heavy atom. The van der Waals surface area contributed by atoms with Crippen LogP contribution in [0.2, 0.25) is 0 Å². The standard InChI is InChI=1S/C36H56O3/c1-3-4-5-6-7-8-9-10-11-12-13-14-15-16-17-18-35(38)39-29-20-22-30-28(27-29)19-21-32-31(30)25-26-36(2)33(32)23-24-34(36)37/h20,22,27,31-33H,3-19,21,23-26H2,1-2H3/t31-,32-,33+,36+/m1/s1. The number of unbranched alkanes of at least 4 members (excludes halogenated alkanes) is 14. The van der Waals surface area contributed by atoms with Gasteiger partial charge in [-0.1, -0.05) is 110 Å². The van der Waals surface area contributed by atoms with Crippen molar-refractivity contribution in [3.63, 3.8) is 0 Å². The second-order valence-corrected chi connectivity index (χ2v) is 13.4. The first kappa shape index (κ1) is 30.3. The molecule has 0 unspecified atom stereocenters. The summed E-state index contributed by atoms with van der Waals surface area (Å²) in [6.45, 7) is 4.52. The van der Waals surface area contributed by atoms with Gasteiger partial charge in [0.2, 0.25) is 0 Å². The van der Waals surface area contributed by atoms with E-state index in [1.165, 1.54) is 101 Å². The molecule has 3 heteroatoms. The summed E-state index contributed by atoms with van der Waals surface area (Å²) in [5.74, 6) is 2.91. The molecule has 1 aromatic rings. The molecule has 0 amide bonds. The van der Waals surface area contributed by atoms with Crippen LogP contribution in [0, 0.1) is 17.3 Å².